The van der Waals surface area contributed by atoms with E-state index >= 15 is 0 Å². The van der Waals surface area contributed by atoms with E-state index in [9.17, 15) is 0 Å². The SMILES string of the molecule is CC(C)OCCN(C)CC(C)(C)OCCCN(C)C. The Balaban J connectivity index is 3.74. The van der Waals surface area contributed by atoms with E-state index in [-0.39, 0.29) is 5.60 Å². The Kier molecular flexibility index (Phi) is 9.62. The molecule has 0 aromatic heterocycles. The van der Waals surface area contributed by atoms with Gasteiger partial charge in [0.2, 0.25) is 0 Å². The van der Waals surface area contributed by atoms with Crippen LogP contribution in [-0.4, -0.2) is 75.5 Å². The van der Waals surface area contributed by atoms with Crippen molar-refractivity contribution in [3.8, 4) is 0 Å². The molecule has 0 spiro atoms. The molecule has 19 heavy (non-hydrogen) atoms. The summed E-state index contributed by atoms with van der Waals surface area (Å²) < 4.78 is 11.5. The first-order chi connectivity index (χ1) is 8.73. The zero-order valence-corrected chi connectivity index (χ0v) is 14.0. The van der Waals surface area contributed by atoms with Gasteiger partial charge in [0.1, 0.15) is 0 Å². The number of hydrogen-bond acceptors (Lipinski definition) is 4. The molecule has 0 heterocycles. The molecule has 0 aromatic rings. The summed E-state index contributed by atoms with van der Waals surface area (Å²) in [6.07, 6.45) is 1.39. The molecule has 0 aliphatic rings. The van der Waals surface area contributed by atoms with E-state index in [1.165, 1.54) is 0 Å². The quantitative estimate of drug-likeness (QED) is 0.539. The van der Waals surface area contributed by atoms with Crippen molar-refractivity contribution < 1.29 is 9.47 Å². The molecular weight excluding hydrogens is 240 g/mol. The van der Waals surface area contributed by atoms with Gasteiger partial charge in [-0.05, 0) is 61.8 Å². The molecule has 116 valence electrons. The van der Waals surface area contributed by atoms with Crippen LogP contribution in [0.1, 0.15) is 34.1 Å². The summed E-state index contributed by atoms with van der Waals surface area (Å²) in [4.78, 5) is 4.46. The zero-order chi connectivity index (χ0) is 14.9. The van der Waals surface area contributed by atoms with E-state index < -0.39 is 0 Å². The van der Waals surface area contributed by atoms with Crippen molar-refractivity contribution in [2.45, 2.75) is 45.8 Å². The third kappa shape index (κ3) is 12.6. The van der Waals surface area contributed by atoms with E-state index in [0.717, 1.165) is 39.3 Å². The van der Waals surface area contributed by atoms with Gasteiger partial charge >= 0.3 is 0 Å². The lowest BCUT2D eigenvalue weighted by Crippen LogP contribution is -2.40. The second-order valence-corrected chi connectivity index (χ2v) is 6.42. The van der Waals surface area contributed by atoms with Crippen LogP contribution in [0.3, 0.4) is 0 Å². The van der Waals surface area contributed by atoms with Gasteiger partial charge in [0, 0.05) is 19.7 Å². The lowest BCUT2D eigenvalue weighted by molar-refractivity contribution is -0.0427. The van der Waals surface area contributed by atoms with Crippen LogP contribution < -0.4 is 0 Å². The molecule has 0 aliphatic heterocycles. The van der Waals surface area contributed by atoms with Crippen LogP contribution in [0.25, 0.3) is 0 Å². The Hall–Kier alpha value is -0.160. The summed E-state index contributed by atoms with van der Waals surface area (Å²) in [6, 6.07) is 0. The Morgan fingerprint density at radius 1 is 1.00 bits per heavy atom. The van der Waals surface area contributed by atoms with Crippen LogP contribution in [0.4, 0.5) is 0 Å². The Morgan fingerprint density at radius 3 is 2.16 bits per heavy atom. The molecule has 0 aliphatic carbocycles. The molecule has 0 bridgehead atoms. The third-order valence-electron chi connectivity index (χ3n) is 2.82. The Labute approximate surface area is 120 Å². The highest BCUT2D eigenvalue weighted by Crippen LogP contribution is 2.11. The van der Waals surface area contributed by atoms with Crippen LogP contribution in [0, 0.1) is 0 Å². The number of nitrogens with zero attached hydrogens (tertiary/aromatic N) is 2. The molecule has 0 aromatic carbocycles. The normalized spacial score (nSPS) is 12.9. The molecule has 4 heteroatoms. The van der Waals surface area contributed by atoms with Gasteiger partial charge in [0.15, 0.2) is 0 Å². The summed E-state index contributed by atoms with van der Waals surface area (Å²) in [5.74, 6) is 0. The van der Waals surface area contributed by atoms with Crippen LogP contribution >= 0.6 is 0 Å². The predicted octanol–water partition coefficient (Wildman–Crippen LogP) is 2.09. The van der Waals surface area contributed by atoms with Gasteiger partial charge in [-0.15, -0.1) is 0 Å². The molecular formula is C15H34N2O2. The van der Waals surface area contributed by atoms with E-state index in [1.807, 2.05) is 0 Å². The first-order valence-electron chi connectivity index (χ1n) is 7.32. The topological polar surface area (TPSA) is 24.9 Å². The van der Waals surface area contributed by atoms with Gasteiger partial charge in [-0.25, -0.2) is 0 Å². The summed E-state index contributed by atoms with van der Waals surface area (Å²) in [5, 5.41) is 0. The molecule has 0 atom stereocenters. The molecule has 0 saturated carbocycles. The average Bonchev–Trinajstić information content (AvgIpc) is 2.23. The minimum absolute atomic E-state index is 0.0983. The van der Waals surface area contributed by atoms with Gasteiger partial charge in [-0.1, -0.05) is 0 Å². The first-order valence-corrected chi connectivity index (χ1v) is 7.32. The van der Waals surface area contributed by atoms with Gasteiger partial charge < -0.3 is 19.3 Å². The standard InChI is InChI=1S/C15H34N2O2/c1-14(2)18-12-10-17(7)13-15(3,4)19-11-8-9-16(5)6/h14H,8-13H2,1-7H3. The summed E-state index contributed by atoms with van der Waals surface area (Å²) >= 11 is 0. The average molecular weight is 274 g/mol. The van der Waals surface area contributed by atoms with E-state index in [0.29, 0.717) is 6.10 Å². The second-order valence-electron chi connectivity index (χ2n) is 6.42. The smallest absolute Gasteiger partial charge is 0.0752 e. The number of hydrogen-bond donors (Lipinski definition) is 0. The molecule has 0 radical (unpaired) electrons. The molecule has 0 unspecified atom stereocenters. The zero-order valence-electron chi connectivity index (χ0n) is 14.0. The lowest BCUT2D eigenvalue weighted by Gasteiger charge is -2.31. The Bertz CT molecular complexity index is 218. The minimum Gasteiger partial charge on any atom is -0.377 e. The van der Waals surface area contributed by atoms with Gasteiger partial charge in [-0.3, -0.25) is 0 Å². The maximum absolute atomic E-state index is 5.97. The van der Waals surface area contributed by atoms with E-state index in [1.54, 1.807) is 0 Å². The summed E-state index contributed by atoms with van der Waals surface area (Å²) in [5.41, 5.74) is -0.0983. The highest BCUT2D eigenvalue weighted by Gasteiger charge is 2.20. The third-order valence-corrected chi connectivity index (χ3v) is 2.82. The van der Waals surface area contributed by atoms with Crippen LogP contribution in [-0.2, 0) is 9.47 Å². The fourth-order valence-corrected chi connectivity index (χ4v) is 1.95. The van der Waals surface area contributed by atoms with Crippen molar-refractivity contribution in [1.82, 2.24) is 9.80 Å². The van der Waals surface area contributed by atoms with Crippen molar-refractivity contribution in [2.75, 3.05) is 54.0 Å². The van der Waals surface area contributed by atoms with Crippen LogP contribution in [0.15, 0.2) is 0 Å². The predicted molar refractivity (Wildman–Crippen MR) is 81.8 cm³/mol. The molecule has 0 fully saturated rings. The number of rotatable bonds is 11. The van der Waals surface area contributed by atoms with Crippen molar-refractivity contribution in [2.24, 2.45) is 0 Å². The maximum atomic E-state index is 5.97. The first kappa shape index (κ1) is 18.8. The number of ether oxygens (including phenoxy) is 2. The molecule has 0 saturated heterocycles. The Morgan fingerprint density at radius 2 is 1.63 bits per heavy atom. The second kappa shape index (κ2) is 9.70. The molecule has 4 nitrogen and oxygen atoms in total. The highest BCUT2D eigenvalue weighted by atomic mass is 16.5. The highest BCUT2D eigenvalue weighted by molar-refractivity contribution is 4.73. The van der Waals surface area contributed by atoms with Gasteiger partial charge in [0.05, 0.1) is 18.3 Å². The maximum Gasteiger partial charge on any atom is 0.0752 e. The van der Waals surface area contributed by atoms with Crippen LogP contribution in [0.5, 0.6) is 0 Å². The van der Waals surface area contributed by atoms with Crippen molar-refractivity contribution in [1.29, 1.82) is 0 Å². The van der Waals surface area contributed by atoms with E-state index in [4.69, 9.17) is 9.47 Å². The van der Waals surface area contributed by atoms with Crippen molar-refractivity contribution >= 4 is 0 Å². The summed E-state index contributed by atoms with van der Waals surface area (Å²) in [7, 11) is 6.30. The van der Waals surface area contributed by atoms with Gasteiger partial charge in [-0.2, -0.15) is 0 Å². The molecule has 0 rings (SSSR count). The minimum atomic E-state index is -0.0983. The molecule has 0 N–H and O–H groups in total. The lowest BCUT2D eigenvalue weighted by atomic mass is 10.1. The largest absolute Gasteiger partial charge is 0.377 e. The fourth-order valence-electron chi connectivity index (χ4n) is 1.95. The van der Waals surface area contributed by atoms with E-state index in [2.05, 4.69) is 58.6 Å². The van der Waals surface area contributed by atoms with Crippen LogP contribution in [0.2, 0.25) is 0 Å². The van der Waals surface area contributed by atoms with Gasteiger partial charge in [0.25, 0.3) is 0 Å². The number of likely N-dealkylation sites (N-methyl/N-ethyl adjacent to an activating group) is 1. The monoisotopic (exact) mass is 274 g/mol. The van der Waals surface area contributed by atoms with Crippen molar-refractivity contribution in [3.05, 3.63) is 0 Å². The fraction of sp³-hybridized carbons (Fsp3) is 1.00. The molecule has 0 amide bonds. The van der Waals surface area contributed by atoms with Crippen molar-refractivity contribution in [3.63, 3.8) is 0 Å². The summed E-state index contributed by atoms with van der Waals surface area (Å²) in [6.45, 7) is 13.0.